The fourth-order valence-corrected chi connectivity index (χ4v) is 5.45. The molecule has 5 nitrogen and oxygen atoms in total. The number of amides is 3. The summed E-state index contributed by atoms with van der Waals surface area (Å²) in [6.07, 6.45) is 5.41. The van der Waals surface area contributed by atoms with Crippen molar-refractivity contribution in [1.82, 2.24) is 4.90 Å². The molecule has 6 atom stereocenters. The average molecular weight is 401 g/mol. The molecule has 2 bridgehead atoms. The van der Waals surface area contributed by atoms with Gasteiger partial charge in [-0.15, -0.1) is 0 Å². The molecule has 4 aliphatic carbocycles. The molecule has 0 unspecified atom stereocenters. The Kier molecular flexibility index (Phi) is 3.23. The molecular formula is C19H17BrN2O3. The van der Waals surface area contributed by atoms with Crippen LogP contribution >= 0.6 is 15.9 Å². The first kappa shape index (κ1) is 15.3. The van der Waals surface area contributed by atoms with Crippen molar-refractivity contribution in [2.45, 2.75) is 6.42 Å². The van der Waals surface area contributed by atoms with Gasteiger partial charge in [0.05, 0.1) is 17.5 Å². The molecule has 0 spiro atoms. The molecule has 1 saturated heterocycles. The lowest BCUT2D eigenvalue weighted by Crippen LogP contribution is -2.40. The predicted molar refractivity (Wildman–Crippen MR) is 94.2 cm³/mol. The van der Waals surface area contributed by atoms with Crippen molar-refractivity contribution in [2.75, 3.05) is 11.9 Å². The third kappa shape index (κ3) is 2.16. The van der Waals surface area contributed by atoms with E-state index < -0.39 is 0 Å². The fourth-order valence-electron chi connectivity index (χ4n) is 5.07. The Hall–Kier alpha value is -1.95. The van der Waals surface area contributed by atoms with Gasteiger partial charge in [0.2, 0.25) is 17.7 Å². The standard InChI is InChI=1S/C19H17BrN2O3/c20-13-3-1-2-4-14(13)21-15(23)8-22-18(24)16-9-5-6-10(12-7-11(9)12)17(16)19(22)25/h1-6,9-12,16-17H,7-8H2,(H,21,23)/t9-,10-,11-,12+,16+,17+/m0/s1. The molecule has 1 heterocycles. The summed E-state index contributed by atoms with van der Waals surface area (Å²) in [5, 5.41) is 2.77. The molecule has 5 aliphatic rings. The monoisotopic (exact) mass is 400 g/mol. The minimum absolute atomic E-state index is 0.165. The fraction of sp³-hybridized carbons (Fsp3) is 0.421. The molecule has 1 N–H and O–H groups in total. The number of imide groups is 1. The van der Waals surface area contributed by atoms with Gasteiger partial charge < -0.3 is 5.32 Å². The molecule has 1 aromatic carbocycles. The van der Waals surface area contributed by atoms with E-state index in [4.69, 9.17) is 0 Å². The first-order valence-electron chi connectivity index (χ1n) is 8.64. The summed E-state index contributed by atoms with van der Waals surface area (Å²) in [6.45, 7) is -0.208. The summed E-state index contributed by atoms with van der Waals surface area (Å²) < 4.78 is 0.762. The van der Waals surface area contributed by atoms with Gasteiger partial charge >= 0.3 is 0 Å². The zero-order chi connectivity index (χ0) is 17.3. The summed E-state index contributed by atoms with van der Waals surface area (Å²) in [7, 11) is 0. The van der Waals surface area contributed by atoms with E-state index in [1.807, 2.05) is 18.2 Å². The van der Waals surface area contributed by atoms with E-state index in [2.05, 4.69) is 33.4 Å². The van der Waals surface area contributed by atoms with Gasteiger partial charge in [-0.25, -0.2) is 0 Å². The van der Waals surface area contributed by atoms with E-state index in [0.717, 1.165) is 10.9 Å². The number of rotatable bonds is 3. The van der Waals surface area contributed by atoms with Gasteiger partial charge in [-0.05, 0) is 58.2 Å². The molecular weight excluding hydrogens is 384 g/mol. The second-order valence-electron chi connectivity index (χ2n) is 7.45. The van der Waals surface area contributed by atoms with Crippen LogP contribution < -0.4 is 5.32 Å². The second-order valence-corrected chi connectivity index (χ2v) is 8.30. The van der Waals surface area contributed by atoms with Crippen LogP contribution in [0.2, 0.25) is 0 Å². The lowest BCUT2D eigenvalue weighted by Gasteiger charge is -2.37. The Labute approximate surface area is 153 Å². The largest absolute Gasteiger partial charge is 0.324 e. The Bertz CT molecular complexity index is 800. The number of anilines is 1. The lowest BCUT2D eigenvalue weighted by molar-refractivity contribution is -0.142. The quantitative estimate of drug-likeness (QED) is 0.625. The number of benzene rings is 1. The van der Waals surface area contributed by atoms with E-state index in [1.165, 1.54) is 4.90 Å². The number of carbonyl (C=O) groups excluding carboxylic acids is 3. The first-order chi connectivity index (χ1) is 12.1. The van der Waals surface area contributed by atoms with Crippen LogP contribution in [-0.4, -0.2) is 29.2 Å². The zero-order valence-electron chi connectivity index (χ0n) is 13.4. The van der Waals surface area contributed by atoms with Gasteiger partial charge in [0, 0.05) is 4.47 Å². The van der Waals surface area contributed by atoms with Crippen LogP contribution in [0.15, 0.2) is 40.9 Å². The molecule has 1 aromatic rings. The third-order valence-electron chi connectivity index (χ3n) is 6.20. The van der Waals surface area contributed by atoms with E-state index in [9.17, 15) is 14.4 Å². The summed E-state index contributed by atoms with van der Waals surface area (Å²) in [4.78, 5) is 39.2. The average Bonchev–Trinajstić information content (AvgIpc) is 3.38. The van der Waals surface area contributed by atoms with Crippen LogP contribution in [0.5, 0.6) is 0 Å². The van der Waals surface area contributed by atoms with Crippen molar-refractivity contribution in [3.63, 3.8) is 0 Å². The van der Waals surface area contributed by atoms with Crippen molar-refractivity contribution < 1.29 is 14.4 Å². The molecule has 3 fully saturated rings. The molecule has 25 heavy (non-hydrogen) atoms. The number of hydrogen-bond acceptors (Lipinski definition) is 3. The van der Waals surface area contributed by atoms with Gasteiger partial charge in [-0.2, -0.15) is 0 Å². The second kappa shape index (κ2) is 5.27. The molecule has 0 radical (unpaired) electrons. The van der Waals surface area contributed by atoms with Crippen molar-refractivity contribution >= 4 is 39.3 Å². The van der Waals surface area contributed by atoms with Crippen LogP contribution in [0.25, 0.3) is 0 Å². The molecule has 1 aliphatic heterocycles. The topological polar surface area (TPSA) is 66.5 Å². The summed E-state index contributed by atoms with van der Waals surface area (Å²) in [5.74, 6) is 0.344. The number of likely N-dealkylation sites (tertiary alicyclic amines) is 1. The maximum atomic E-state index is 12.8. The van der Waals surface area contributed by atoms with Crippen molar-refractivity contribution in [3.05, 3.63) is 40.9 Å². The highest BCUT2D eigenvalue weighted by Gasteiger charge is 2.67. The van der Waals surface area contributed by atoms with Crippen LogP contribution in [0.4, 0.5) is 5.69 Å². The van der Waals surface area contributed by atoms with Crippen LogP contribution in [0.3, 0.4) is 0 Å². The number of halogens is 1. The summed E-state index contributed by atoms with van der Waals surface area (Å²) >= 11 is 3.38. The normalized spacial score (nSPS) is 37.1. The summed E-state index contributed by atoms with van der Waals surface area (Å²) in [6, 6.07) is 7.27. The van der Waals surface area contributed by atoms with Gasteiger partial charge in [0.15, 0.2) is 0 Å². The predicted octanol–water partition coefficient (Wildman–Crippen LogP) is 2.44. The minimum atomic E-state index is -0.349. The first-order valence-corrected chi connectivity index (χ1v) is 9.43. The highest BCUT2D eigenvalue weighted by Crippen LogP contribution is 2.65. The van der Waals surface area contributed by atoms with E-state index >= 15 is 0 Å². The minimum Gasteiger partial charge on any atom is -0.324 e. The SMILES string of the molecule is O=C(CN1C(=O)[C@@H]2[C@H]3C=C[C@@H]([C@@H]4C[C@H]34)[C@H]2C1=O)Nc1ccccc1Br. The van der Waals surface area contributed by atoms with Gasteiger partial charge in [0.1, 0.15) is 6.54 Å². The molecule has 3 amide bonds. The molecule has 0 aromatic heterocycles. The maximum Gasteiger partial charge on any atom is 0.244 e. The van der Waals surface area contributed by atoms with Gasteiger partial charge in [0.25, 0.3) is 0 Å². The Balaban J connectivity index is 1.34. The van der Waals surface area contributed by atoms with E-state index in [-0.39, 0.29) is 47.9 Å². The Morgan fingerprint density at radius 2 is 1.68 bits per heavy atom. The van der Waals surface area contributed by atoms with Crippen LogP contribution in [0, 0.1) is 35.5 Å². The van der Waals surface area contributed by atoms with Crippen molar-refractivity contribution in [3.8, 4) is 0 Å². The molecule has 128 valence electrons. The smallest absolute Gasteiger partial charge is 0.244 e. The van der Waals surface area contributed by atoms with E-state index in [0.29, 0.717) is 17.5 Å². The van der Waals surface area contributed by atoms with Crippen LogP contribution in [-0.2, 0) is 14.4 Å². The number of hydrogen-bond donors (Lipinski definition) is 1. The number of nitrogens with one attached hydrogen (secondary N) is 1. The number of nitrogens with zero attached hydrogens (tertiary/aromatic N) is 1. The highest BCUT2D eigenvalue weighted by molar-refractivity contribution is 9.10. The summed E-state index contributed by atoms with van der Waals surface area (Å²) in [5.41, 5.74) is 0.631. The van der Waals surface area contributed by atoms with Crippen molar-refractivity contribution in [2.24, 2.45) is 35.5 Å². The van der Waals surface area contributed by atoms with Crippen molar-refractivity contribution in [1.29, 1.82) is 0 Å². The maximum absolute atomic E-state index is 12.8. The molecule has 6 heteroatoms. The lowest BCUT2D eigenvalue weighted by atomic mass is 9.63. The van der Waals surface area contributed by atoms with Crippen LogP contribution in [0.1, 0.15) is 6.42 Å². The Morgan fingerprint density at radius 1 is 1.08 bits per heavy atom. The van der Waals surface area contributed by atoms with Gasteiger partial charge in [-0.3, -0.25) is 19.3 Å². The molecule has 6 rings (SSSR count). The van der Waals surface area contributed by atoms with E-state index in [1.54, 1.807) is 6.07 Å². The third-order valence-corrected chi connectivity index (χ3v) is 6.90. The number of para-hydroxylation sites is 1. The number of allylic oxidation sites excluding steroid dienone is 2. The van der Waals surface area contributed by atoms with Gasteiger partial charge in [-0.1, -0.05) is 24.3 Å². The molecule has 2 saturated carbocycles. The highest BCUT2D eigenvalue weighted by atomic mass is 79.9. The Morgan fingerprint density at radius 3 is 2.28 bits per heavy atom. The number of carbonyl (C=O) groups is 3. The zero-order valence-corrected chi connectivity index (χ0v) is 15.0.